The van der Waals surface area contributed by atoms with E-state index in [4.69, 9.17) is 4.52 Å². The lowest BCUT2D eigenvalue weighted by Crippen LogP contribution is -2.34. The van der Waals surface area contributed by atoms with E-state index in [0.717, 1.165) is 17.9 Å². The predicted molar refractivity (Wildman–Crippen MR) is 85.6 cm³/mol. The van der Waals surface area contributed by atoms with Gasteiger partial charge < -0.3 is 9.84 Å². The van der Waals surface area contributed by atoms with Gasteiger partial charge in [-0.15, -0.1) is 11.8 Å². The molecule has 1 heterocycles. The number of hydrogen-bond donors (Lipinski definition) is 1. The largest absolute Gasteiger partial charge is 0.339 e. The Morgan fingerprint density at radius 3 is 2.67 bits per heavy atom. The van der Waals surface area contributed by atoms with E-state index in [-0.39, 0.29) is 0 Å². The summed E-state index contributed by atoms with van der Waals surface area (Å²) in [7, 11) is 2.02. The number of rotatable bonds is 4. The summed E-state index contributed by atoms with van der Waals surface area (Å²) >= 11 is 1.73. The highest BCUT2D eigenvalue weighted by molar-refractivity contribution is 7.98. The number of nitrogens with one attached hydrogen (secondary N) is 1. The van der Waals surface area contributed by atoms with Gasteiger partial charge in [0.25, 0.3) is 0 Å². The highest BCUT2D eigenvalue weighted by Crippen LogP contribution is 2.33. The van der Waals surface area contributed by atoms with Crippen molar-refractivity contribution < 1.29 is 4.52 Å². The van der Waals surface area contributed by atoms with Gasteiger partial charge in [0.15, 0.2) is 0 Å². The van der Waals surface area contributed by atoms with Gasteiger partial charge in [-0.25, -0.2) is 0 Å². The second-order valence-electron chi connectivity index (χ2n) is 5.47. The van der Waals surface area contributed by atoms with Gasteiger partial charge in [0.05, 0.1) is 5.92 Å². The smallest absolute Gasteiger partial charge is 0.231 e. The highest BCUT2D eigenvalue weighted by atomic mass is 32.2. The Labute approximate surface area is 129 Å². The molecule has 2 aromatic rings. The van der Waals surface area contributed by atoms with Crippen molar-refractivity contribution in [2.75, 3.05) is 13.3 Å². The zero-order valence-corrected chi connectivity index (χ0v) is 13.3. The van der Waals surface area contributed by atoms with Crippen LogP contribution in [0.25, 0.3) is 11.4 Å². The molecule has 5 heteroatoms. The van der Waals surface area contributed by atoms with Crippen molar-refractivity contribution in [2.24, 2.45) is 0 Å². The van der Waals surface area contributed by atoms with E-state index in [2.05, 4.69) is 46.0 Å². The summed E-state index contributed by atoms with van der Waals surface area (Å²) < 4.78 is 5.54. The Hall–Kier alpha value is -1.33. The first-order valence-corrected chi connectivity index (χ1v) is 8.69. The molecule has 0 radical (unpaired) electrons. The van der Waals surface area contributed by atoms with Crippen molar-refractivity contribution in [3.63, 3.8) is 0 Å². The SMILES string of the molecule is CNC1CCCCC1c1nc(-c2ccc(SC)cc2)no1. The Kier molecular flexibility index (Phi) is 4.60. The second-order valence-corrected chi connectivity index (χ2v) is 6.35. The lowest BCUT2D eigenvalue weighted by atomic mass is 9.84. The number of hydrogen-bond acceptors (Lipinski definition) is 5. The van der Waals surface area contributed by atoms with Gasteiger partial charge >= 0.3 is 0 Å². The molecule has 0 bridgehead atoms. The molecular weight excluding hydrogens is 282 g/mol. The summed E-state index contributed by atoms with van der Waals surface area (Å²) in [6.45, 7) is 0. The molecule has 1 aliphatic rings. The molecule has 0 spiro atoms. The van der Waals surface area contributed by atoms with Gasteiger partial charge in [0.1, 0.15) is 0 Å². The maximum absolute atomic E-state index is 5.54. The summed E-state index contributed by atoms with van der Waals surface area (Å²) in [5.41, 5.74) is 1.01. The Balaban J connectivity index is 1.81. The van der Waals surface area contributed by atoms with E-state index in [1.807, 2.05) is 7.05 Å². The van der Waals surface area contributed by atoms with Crippen LogP contribution in [0.1, 0.15) is 37.5 Å². The maximum atomic E-state index is 5.54. The first-order chi connectivity index (χ1) is 10.3. The second kappa shape index (κ2) is 6.62. The van der Waals surface area contributed by atoms with Crippen LogP contribution in [0.5, 0.6) is 0 Å². The Bertz CT molecular complexity index is 581. The van der Waals surface area contributed by atoms with E-state index in [1.54, 1.807) is 11.8 Å². The molecule has 2 atom stereocenters. The molecule has 1 aromatic heterocycles. The third-order valence-electron chi connectivity index (χ3n) is 4.24. The molecule has 1 saturated carbocycles. The van der Waals surface area contributed by atoms with E-state index < -0.39 is 0 Å². The summed E-state index contributed by atoms with van der Waals surface area (Å²) in [5.74, 6) is 1.81. The number of thioether (sulfide) groups is 1. The van der Waals surface area contributed by atoms with Crippen LogP contribution in [0.2, 0.25) is 0 Å². The van der Waals surface area contributed by atoms with E-state index in [1.165, 1.54) is 24.2 Å². The van der Waals surface area contributed by atoms with Crippen molar-refractivity contribution in [3.05, 3.63) is 30.2 Å². The van der Waals surface area contributed by atoms with Crippen molar-refractivity contribution in [3.8, 4) is 11.4 Å². The van der Waals surface area contributed by atoms with Crippen LogP contribution in [-0.2, 0) is 0 Å². The van der Waals surface area contributed by atoms with Gasteiger partial charge in [-0.2, -0.15) is 4.98 Å². The molecule has 21 heavy (non-hydrogen) atoms. The van der Waals surface area contributed by atoms with Crippen molar-refractivity contribution in [1.29, 1.82) is 0 Å². The Morgan fingerprint density at radius 2 is 1.95 bits per heavy atom. The molecule has 0 saturated heterocycles. The molecule has 1 fully saturated rings. The third kappa shape index (κ3) is 3.14. The summed E-state index contributed by atoms with van der Waals surface area (Å²) in [4.78, 5) is 5.87. The molecule has 4 nitrogen and oxygen atoms in total. The predicted octanol–water partition coefficient (Wildman–Crippen LogP) is 3.70. The minimum Gasteiger partial charge on any atom is -0.339 e. The summed E-state index contributed by atoms with van der Waals surface area (Å²) in [6, 6.07) is 8.74. The van der Waals surface area contributed by atoms with Crippen molar-refractivity contribution in [1.82, 2.24) is 15.5 Å². The van der Waals surface area contributed by atoms with Crippen molar-refractivity contribution in [2.45, 2.75) is 42.5 Å². The average Bonchev–Trinajstić information content (AvgIpc) is 3.04. The minimum absolute atomic E-state index is 0.343. The monoisotopic (exact) mass is 303 g/mol. The topological polar surface area (TPSA) is 51.0 Å². The van der Waals surface area contributed by atoms with Crippen LogP contribution in [0.3, 0.4) is 0 Å². The lowest BCUT2D eigenvalue weighted by molar-refractivity contribution is 0.270. The third-order valence-corrected chi connectivity index (χ3v) is 4.99. The van der Waals surface area contributed by atoms with Gasteiger partial charge in [-0.3, -0.25) is 0 Å². The maximum Gasteiger partial charge on any atom is 0.231 e. The molecular formula is C16H21N3OS. The molecule has 3 rings (SSSR count). The molecule has 0 amide bonds. The van der Waals surface area contributed by atoms with Crippen LogP contribution in [0.15, 0.2) is 33.7 Å². The zero-order valence-electron chi connectivity index (χ0n) is 12.5. The molecule has 112 valence electrons. The molecule has 1 N–H and O–H groups in total. The summed E-state index contributed by atoms with van der Waals surface area (Å²) in [5, 5.41) is 7.55. The number of aromatic nitrogens is 2. The van der Waals surface area contributed by atoms with Crippen LogP contribution in [-0.4, -0.2) is 29.5 Å². The van der Waals surface area contributed by atoms with Crippen LogP contribution in [0.4, 0.5) is 0 Å². The van der Waals surface area contributed by atoms with E-state index in [9.17, 15) is 0 Å². The van der Waals surface area contributed by atoms with Crippen LogP contribution in [0, 0.1) is 0 Å². The standard InChI is InChI=1S/C16H21N3OS/c1-17-14-6-4-3-5-13(14)16-18-15(19-20-16)11-7-9-12(21-2)10-8-11/h7-10,13-14,17H,3-6H2,1-2H3. The Morgan fingerprint density at radius 1 is 1.19 bits per heavy atom. The average molecular weight is 303 g/mol. The molecule has 1 aliphatic carbocycles. The van der Waals surface area contributed by atoms with Crippen molar-refractivity contribution >= 4 is 11.8 Å². The fraction of sp³-hybridized carbons (Fsp3) is 0.500. The summed E-state index contributed by atoms with van der Waals surface area (Å²) in [6.07, 6.45) is 6.89. The number of likely N-dealkylation sites (N-methyl/N-ethyl adjacent to an activating group) is 1. The number of nitrogens with zero attached hydrogens (tertiary/aromatic N) is 2. The fourth-order valence-corrected chi connectivity index (χ4v) is 3.42. The van der Waals surface area contributed by atoms with Gasteiger partial charge in [-0.05, 0) is 50.4 Å². The molecule has 0 aliphatic heterocycles. The van der Waals surface area contributed by atoms with Crippen LogP contribution >= 0.6 is 11.8 Å². The van der Waals surface area contributed by atoms with Gasteiger partial charge in [0, 0.05) is 16.5 Å². The molecule has 2 unspecified atom stereocenters. The first kappa shape index (κ1) is 14.6. The fourth-order valence-electron chi connectivity index (χ4n) is 3.02. The number of benzene rings is 1. The van der Waals surface area contributed by atoms with E-state index in [0.29, 0.717) is 17.8 Å². The van der Waals surface area contributed by atoms with Gasteiger partial charge in [0.2, 0.25) is 11.7 Å². The normalized spacial score (nSPS) is 22.4. The lowest BCUT2D eigenvalue weighted by Gasteiger charge is -2.28. The molecule has 1 aromatic carbocycles. The van der Waals surface area contributed by atoms with Gasteiger partial charge in [-0.1, -0.05) is 18.0 Å². The minimum atomic E-state index is 0.343. The quantitative estimate of drug-likeness (QED) is 0.873. The first-order valence-electron chi connectivity index (χ1n) is 7.47. The zero-order chi connectivity index (χ0) is 14.7. The van der Waals surface area contributed by atoms with Crippen LogP contribution < -0.4 is 5.32 Å². The highest BCUT2D eigenvalue weighted by Gasteiger charge is 2.29. The van der Waals surface area contributed by atoms with E-state index >= 15 is 0 Å².